The van der Waals surface area contributed by atoms with Crippen molar-refractivity contribution in [1.29, 1.82) is 0 Å². The second-order valence-electron chi connectivity index (χ2n) is 3.63. The van der Waals surface area contributed by atoms with E-state index in [0.29, 0.717) is 11.7 Å². The van der Waals surface area contributed by atoms with Crippen LogP contribution in [0.2, 0.25) is 0 Å². The summed E-state index contributed by atoms with van der Waals surface area (Å²) in [6.07, 6.45) is 3.26. The lowest BCUT2D eigenvalue weighted by Crippen LogP contribution is -2.03. The summed E-state index contributed by atoms with van der Waals surface area (Å²) >= 11 is 0. The maximum atomic E-state index is 9.36. The third kappa shape index (κ3) is 3.04. The Kier molecular flexibility index (Phi) is 4.47. The number of phenolic OH excluding ortho intramolecular Hbond substituents is 1. The summed E-state index contributed by atoms with van der Waals surface area (Å²) in [4.78, 5) is 0. The molecule has 1 rings (SSSR count). The first-order valence-electron chi connectivity index (χ1n) is 5.27. The number of benzene rings is 1. The second-order valence-corrected chi connectivity index (χ2v) is 3.63. The van der Waals surface area contributed by atoms with Gasteiger partial charge in [0.25, 0.3) is 0 Å². The van der Waals surface area contributed by atoms with Crippen molar-refractivity contribution in [2.75, 3.05) is 6.54 Å². The third-order valence-electron chi connectivity index (χ3n) is 2.59. The molecule has 0 saturated carbocycles. The first-order valence-corrected chi connectivity index (χ1v) is 5.27. The number of nitrogens with two attached hydrogens (primary N) is 1. The summed E-state index contributed by atoms with van der Waals surface area (Å²) in [6.45, 7) is 2.92. The van der Waals surface area contributed by atoms with Crippen LogP contribution in [0.5, 0.6) is 5.75 Å². The lowest BCUT2D eigenvalue weighted by atomic mass is 9.92. The molecule has 0 bridgehead atoms. The summed E-state index contributed by atoms with van der Waals surface area (Å²) in [5.74, 6) is 0.888. The minimum absolute atomic E-state index is 0.355. The van der Waals surface area contributed by atoms with E-state index < -0.39 is 0 Å². The summed E-state index contributed by atoms with van der Waals surface area (Å²) in [7, 11) is 0. The van der Waals surface area contributed by atoms with Crippen molar-refractivity contribution in [3.05, 3.63) is 29.8 Å². The SMILES string of the molecule is CCC(CCCN)c1cccc(O)c1. The third-order valence-corrected chi connectivity index (χ3v) is 2.59. The molecule has 0 spiro atoms. The van der Waals surface area contributed by atoms with Gasteiger partial charge in [0.15, 0.2) is 0 Å². The van der Waals surface area contributed by atoms with E-state index in [-0.39, 0.29) is 0 Å². The quantitative estimate of drug-likeness (QED) is 0.755. The molecule has 1 unspecified atom stereocenters. The molecule has 1 atom stereocenters. The Morgan fingerprint density at radius 1 is 1.43 bits per heavy atom. The zero-order valence-electron chi connectivity index (χ0n) is 8.74. The maximum absolute atomic E-state index is 9.36. The van der Waals surface area contributed by atoms with Crippen molar-refractivity contribution in [2.45, 2.75) is 32.1 Å². The molecule has 3 N–H and O–H groups in total. The monoisotopic (exact) mass is 193 g/mol. The van der Waals surface area contributed by atoms with Gasteiger partial charge in [0.2, 0.25) is 0 Å². The van der Waals surface area contributed by atoms with Gasteiger partial charge in [-0.1, -0.05) is 19.1 Å². The van der Waals surface area contributed by atoms with Crippen LogP contribution in [0.3, 0.4) is 0 Å². The zero-order valence-corrected chi connectivity index (χ0v) is 8.74. The average Bonchev–Trinajstić information content (AvgIpc) is 2.19. The second kappa shape index (κ2) is 5.66. The van der Waals surface area contributed by atoms with Crippen molar-refractivity contribution in [3.8, 4) is 5.75 Å². The molecule has 0 amide bonds. The van der Waals surface area contributed by atoms with Crippen LogP contribution in [-0.2, 0) is 0 Å². The van der Waals surface area contributed by atoms with E-state index in [2.05, 4.69) is 13.0 Å². The van der Waals surface area contributed by atoms with E-state index in [1.807, 2.05) is 12.1 Å². The van der Waals surface area contributed by atoms with Crippen LogP contribution in [0.1, 0.15) is 37.7 Å². The molecule has 0 heterocycles. The number of phenols is 1. The molecule has 0 saturated heterocycles. The average molecular weight is 193 g/mol. The summed E-state index contributed by atoms with van der Waals surface area (Å²) < 4.78 is 0. The van der Waals surface area contributed by atoms with E-state index in [1.54, 1.807) is 6.07 Å². The molecule has 2 heteroatoms. The first kappa shape index (κ1) is 11.1. The summed E-state index contributed by atoms with van der Waals surface area (Å²) in [5.41, 5.74) is 6.71. The highest BCUT2D eigenvalue weighted by molar-refractivity contribution is 5.29. The molecular formula is C12H19NO. The molecule has 0 aromatic heterocycles. The molecular weight excluding hydrogens is 174 g/mol. The molecule has 2 nitrogen and oxygen atoms in total. The Morgan fingerprint density at radius 2 is 2.21 bits per heavy atom. The highest BCUT2D eigenvalue weighted by Crippen LogP contribution is 2.26. The van der Waals surface area contributed by atoms with Crippen LogP contribution in [0.4, 0.5) is 0 Å². The first-order chi connectivity index (χ1) is 6.77. The van der Waals surface area contributed by atoms with E-state index in [9.17, 15) is 5.11 Å². The number of rotatable bonds is 5. The van der Waals surface area contributed by atoms with Crippen LogP contribution < -0.4 is 5.73 Å². The van der Waals surface area contributed by atoms with Gasteiger partial charge in [-0.15, -0.1) is 0 Å². The van der Waals surface area contributed by atoms with Gasteiger partial charge in [-0.25, -0.2) is 0 Å². The van der Waals surface area contributed by atoms with E-state index >= 15 is 0 Å². The van der Waals surface area contributed by atoms with Gasteiger partial charge in [0.05, 0.1) is 0 Å². The van der Waals surface area contributed by atoms with E-state index in [1.165, 1.54) is 5.56 Å². The Labute approximate surface area is 85.8 Å². The van der Waals surface area contributed by atoms with Gasteiger partial charge in [0.1, 0.15) is 5.75 Å². The fraction of sp³-hybridized carbons (Fsp3) is 0.500. The topological polar surface area (TPSA) is 46.2 Å². The van der Waals surface area contributed by atoms with Crippen molar-refractivity contribution >= 4 is 0 Å². The fourth-order valence-electron chi connectivity index (χ4n) is 1.75. The number of hydrogen-bond acceptors (Lipinski definition) is 2. The zero-order chi connectivity index (χ0) is 10.4. The number of aromatic hydroxyl groups is 1. The van der Waals surface area contributed by atoms with Crippen molar-refractivity contribution < 1.29 is 5.11 Å². The predicted molar refractivity (Wildman–Crippen MR) is 59.4 cm³/mol. The van der Waals surface area contributed by atoms with Gasteiger partial charge in [-0.05, 0) is 49.4 Å². The van der Waals surface area contributed by atoms with Gasteiger partial charge >= 0.3 is 0 Å². The maximum Gasteiger partial charge on any atom is 0.115 e. The van der Waals surface area contributed by atoms with Crippen LogP contribution in [0, 0.1) is 0 Å². The van der Waals surface area contributed by atoms with E-state index in [4.69, 9.17) is 5.73 Å². The predicted octanol–water partition coefficient (Wildman–Crippen LogP) is 2.62. The largest absolute Gasteiger partial charge is 0.508 e. The summed E-state index contributed by atoms with van der Waals surface area (Å²) in [5, 5.41) is 9.36. The van der Waals surface area contributed by atoms with Crippen molar-refractivity contribution in [3.63, 3.8) is 0 Å². The molecule has 78 valence electrons. The van der Waals surface area contributed by atoms with Crippen LogP contribution in [-0.4, -0.2) is 11.7 Å². The highest BCUT2D eigenvalue weighted by atomic mass is 16.3. The van der Waals surface area contributed by atoms with Gasteiger partial charge in [-0.3, -0.25) is 0 Å². The van der Waals surface area contributed by atoms with Crippen molar-refractivity contribution in [2.24, 2.45) is 5.73 Å². The van der Waals surface area contributed by atoms with Gasteiger partial charge < -0.3 is 10.8 Å². The molecule has 0 aliphatic carbocycles. The van der Waals surface area contributed by atoms with Crippen LogP contribution in [0.25, 0.3) is 0 Å². The molecule has 0 aliphatic rings. The van der Waals surface area contributed by atoms with Gasteiger partial charge in [0, 0.05) is 0 Å². The normalized spacial score (nSPS) is 12.7. The van der Waals surface area contributed by atoms with E-state index in [0.717, 1.165) is 25.8 Å². The minimum atomic E-state index is 0.355. The molecule has 1 aromatic carbocycles. The van der Waals surface area contributed by atoms with Crippen LogP contribution in [0.15, 0.2) is 24.3 Å². The molecule has 0 aliphatic heterocycles. The van der Waals surface area contributed by atoms with Crippen molar-refractivity contribution in [1.82, 2.24) is 0 Å². The Hall–Kier alpha value is -1.02. The molecule has 14 heavy (non-hydrogen) atoms. The van der Waals surface area contributed by atoms with Crippen LogP contribution >= 0.6 is 0 Å². The molecule has 1 aromatic rings. The Balaban J connectivity index is 2.68. The number of hydrogen-bond donors (Lipinski definition) is 2. The fourth-order valence-corrected chi connectivity index (χ4v) is 1.75. The smallest absolute Gasteiger partial charge is 0.115 e. The summed E-state index contributed by atoms with van der Waals surface area (Å²) in [6, 6.07) is 7.53. The lowest BCUT2D eigenvalue weighted by molar-refractivity contribution is 0.472. The lowest BCUT2D eigenvalue weighted by Gasteiger charge is -2.14. The van der Waals surface area contributed by atoms with Gasteiger partial charge in [-0.2, -0.15) is 0 Å². The standard InChI is InChI=1S/C12H19NO/c1-2-10(6-4-8-13)11-5-3-7-12(14)9-11/h3,5,7,9-10,14H,2,4,6,8,13H2,1H3. The Morgan fingerprint density at radius 3 is 2.79 bits per heavy atom. The molecule has 0 radical (unpaired) electrons. The molecule has 0 fully saturated rings. The minimum Gasteiger partial charge on any atom is -0.508 e. The highest BCUT2D eigenvalue weighted by Gasteiger charge is 2.08. The Bertz CT molecular complexity index is 273.